The van der Waals surface area contributed by atoms with Gasteiger partial charge in [0, 0.05) is 51.9 Å². The molecular formula is C14H28N4O3S. The molecule has 1 aromatic rings. The van der Waals surface area contributed by atoms with E-state index in [1.165, 1.54) is 6.92 Å². The summed E-state index contributed by atoms with van der Waals surface area (Å²) in [6, 6.07) is 0. The summed E-state index contributed by atoms with van der Waals surface area (Å²) in [6.07, 6.45) is 8.99. The standard InChI is InChI=1S/C6H12N2.C6H10N2.C2H6O3S/c1-3-8-5-4-7(2)6-8;1-3-6-7-4-5-8(6)2;1-2-6(3,4)5/h4-5H,3,6H2,1-2H3;4-5H,3H2,1-2H3;2H2,1H3,(H,3,4,5). The maximum Gasteiger partial charge on any atom is 0.264 e. The van der Waals surface area contributed by atoms with Crippen molar-refractivity contribution in [1.82, 2.24) is 19.4 Å². The van der Waals surface area contributed by atoms with E-state index >= 15 is 0 Å². The van der Waals surface area contributed by atoms with Gasteiger partial charge in [0.15, 0.2) is 0 Å². The van der Waals surface area contributed by atoms with E-state index in [2.05, 4.69) is 48.1 Å². The van der Waals surface area contributed by atoms with E-state index < -0.39 is 10.1 Å². The zero-order chi connectivity index (χ0) is 17.2. The Bertz CT molecular complexity index is 540. The highest BCUT2D eigenvalue weighted by molar-refractivity contribution is 7.85. The molecule has 1 aliphatic rings. The monoisotopic (exact) mass is 332 g/mol. The summed E-state index contributed by atoms with van der Waals surface area (Å²) >= 11 is 0. The van der Waals surface area contributed by atoms with Crippen molar-refractivity contribution in [2.45, 2.75) is 27.2 Å². The van der Waals surface area contributed by atoms with Gasteiger partial charge in [-0.15, -0.1) is 0 Å². The van der Waals surface area contributed by atoms with Crippen LogP contribution in [0.4, 0.5) is 0 Å². The number of hydrogen-bond donors (Lipinski definition) is 1. The van der Waals surface area contributed by atoms with Crippen LogP contribution in [-0.4, -0.2) is 58.3 Å². The van der Waals surface area contributed by atoms with Crippen LogP contribution in [0.1, 0.15) is 26.6 Å². The Hall–Kier alpha value is -1.54. The average Bonchev–Trinajstić information content (AvgIpc) is 3.07. The van der Waals surface area contributed by atoms with Gasteiger partial charge in [-0.05, 0) is 13.8 Å². The summed E-state index contributed by atoms with van der Waals surface area (Å²) in [7, 11) is 0.419. The molecule has 22 heavy (non-hydrogen) atoms. The molecule has 1 aliphatic heterocycles. The Balaban J connectivity index is 0.000000306. The molecule has 0 aromatic carbocycles. The number of rotatable bonds is 3. The van der Waals surface area contributed by atoms with E-state index in [1.54, 1.807) is 0 Å². The number of aromatic nitrogens is 2. The van der Waals surface area contributed by atoms with Crippen molar-refractivity contribution in [3.05, 3.63) is 30.6 Å². The lowest BCUT2D eigenvalue weighted by Crippen LogP contribution is -2.21. The van der Waals surface area contributed by atoms with Crippen molar-refractivity contribution in [3.63, 3.8) is 0 Å². The molecule has 0 aliphatic carbocycles. The molecule has 0 saturated carbocycles. The summed E-state index contributed by atoms with van der Waals surface area (Å²) < 4.78 is 28.9. The normalized spacial score (nSPS) is 13.4. The average molecular weight is 332 g/mol. The summed E-state index contributed by atoms with van der Waals surface area (Å²) in [4.78, 5) is 8.50. The molecule has 1 N–H and O–H groups in total. The first kappa shape index (κ1) is 20.5. The van der Waals surface area contributed by atoms with E-state index in [4.69, 9.17) is 4.55 Å². The second-order valence-electron chi connectivity index (χ2n) is 4.78. The van der Waals surface area contributed by atoms with Gasteiger partial charge >= 0.3 is 0 Å². The molecule has 0 saturated heterocycles. The van der Waals surface area contributed by atoms with Gasteiger partial charge in [-0.2, -0.15) is 8.42 Å². The SMILES string of the molecule is CCN1C=CN(C)C1.CCS(=O)(=O)O.CCc1nccn1C. The van der Waals surface area contributed by atoms with E-state index in [1.807, 2.05) is 24.0 Å². The second kappa shape index (κ2) is 10.2. The lowest BCUT2D eigenvalue weighted by Gasteiger charge is -2.14. The molecule has 0 spiro atoms. The van der Waals surface area contributed by atoms with Crippen molar-refractivity contribution >= 4 is 10.1 Å². The summed E-state index contributed by atoms with van der Waals surface area (Å²) in [6.45, 7) is 7.79. The first-order valence-electron chi connectivity index (χ1n) is 7.27. The predicted molar refractivity (Wildman–Crippen MR) is 88.8 cm³/mol. The van der Waals surface area contributed by atoms with Crippen LogP contribution >= 0.6 is 0 Å². The molecule has 0 bridgehead atoms. The quantitative estimate of drug-likeness (QED) is 0.846. The lowest BCUT2D eigenvalue weighted by molar-refractivity contribution is 0.308. The Morgan fingerprint density at radius 2 is 1.82 bits per heavy atom. The third-order valence-corrected chi connectivity index (χ3v) is 3.67. The third-order valence-electron chi connectivity index (χ3n) is 2.94. The summed E-state index contributed by atoms with van der Waals surface area (Å²) in [5, 5.41) is 0. The molecule has 2 rings (SSSR count). The molecular weight excluding hydrogens is 304 g/mol. The first-order chi connectivity index (χ1) is 10.2. The molecule has 7 nitrogen and oxygen atoms in total. The smallest absolute Gasteiger partial charge is 0.264 e. The Labute approximate surface area is 134 Å². The van der Waals surface area contributed by atoms with Crippen LogP contribution in [0, 0.1) is 0 Å². The van der Waals surface area contributed by atoms with Gasteiger partial charge in [-0.1, -0.05) is 6.92 Å². The predicted octanol–water partition coefficient (Wildman–Crippen LogP) is 1.56. The van der Waals surface area contributed by atoms with Crippen LogP contribution in [0.2, 0.25) is 0 Å². The van der Waals surface area contributed by atoms with Gasteiger partial charge in [0.2, 0.25) is 0 Å². The van der Waals surface area contributed by atoms with Crippen LogP contribution in [0.15, 0.2) is 24.8 Å². The summed E-state index contributed by atoms with van der Waals surface area (Å²) in [5.41, 5.74) is 0. The fourth-order valence-corrected chi connectivity index (χ4v) is 1.53. The fraction of sp³-hybridized carbons (Fsp3) is 0.643. The highest BCUT2D eigenvalue weighted by atomic mass is 32.2. The van der Waals surface area contributed by atoms with Crippen LogP contribution in [0.3, 0.4) is 0 Å². The van der Waals surface area contributed by atoms with Crippen molar-refractivity contribution in [1.29, 1.82) is 0 Å². The molecule has 0 fully saturated rings. The van der Waals surface area contributed by atoms with Crippen molar-refractivity contribution in [2.75, 3.05) is 26.0 Å². The van der Waals surface area contributed by atoms with Crippen LogP contribution in [-0.2, 0) is 23.6 Å². The number of hydrogen-bond acceptors (Lipinski definition) is 5. The van der Waals surface area contributed by atoms with Crippen molar-refractivity contribution < 1.29 is 13.0 Å². The molecule has 8 heteroatoms. The number of imidazole rings is 1. The first-order valence-corrected chi connectivity index (χ1v) is 8.88. The second-order valence-corrected chi connectivity index (χ2v) is 6.52. The highest BCUT2D eigenvalue weighted by Crippen LogP contribution is 2.00. The maximum atomic E-state index is 9.56. The zero-order valence-corrected chi connectivity index (χ0v) is 14.9. The largest absolute Gasteiger partial charge is 0.362 e. The number of nitrogens with zero attached hydrogens (tertiary/aromatic N) is 4. The minimum atomic E-state index is -3.66. The number of aryl methyl sites for hydroxylation is 2. The lowest BCUT2D eigenvalue weighted by atomic mass is 10.5. The molecule has 0 radical (unpaired) electrons. The Morgan fingerprint density at radius 1 is 1.23 bits per heavy atom. The minimum Gasteiger partial charge on any atom is -0.362 e. The van der Waals surface area contributed by atoms with Gasteiger partial charge in [-0.25, -0.2) is 4.98 Å². The molecule has 0 unspecified atom stereocenters. The Kier molecular flexibility index (Phi) is 9.51. The van der Waals surface area contributed by atoms with Crippen LogP contribution in [0.25, 0.3) is 0 Å². The van der Waals surface area contributed by atoms with Crippen molar-refractivity contribution in [3.8, 4) is 0 Å². The van der Waals surface area contributed by atoms with E-state index in [0.717, 1.165) is 25.5 Å². The van der Waals surface area contributed by atoms with E-state index in [0.29, 0.717) is 0 Å². The van der Waals surface area contributed by atoms with Gasteiger partial charge in [0.05, 0.1) is 12.4 Å². The Morgan fingerprint density at radius 3 is 2.00 bits per heavy atom. The molecule has 0 atom stereocenters. The fourth-order valence-electron chi connectivity index (χ4n) is 1.53. The van der Waals surface area contributed by atoms with Crippen LogP contribution in [0.5, 0.6) is 0 Å². The van der Waals surface area contributed by atoms with Crippen molar-refractivity contribution in [2.24, 2.45) is 7.05 Å². The zero-order valence-electron chi connectivity index (χ0n) is 14.1. The third kappa shape index (κ3) is 9.41. The van der Waals surface area contributed by atoms with Gasteiger partial charge in [0.25, 0.3) is 10.1 Å². The topological polar surface area (TPSA) is 78.7 Å². The van der Waals surface area contributed by atoms with Crippen LogP contribution < -0.4 is 0 Å². The van der Waals surface area contributed by atoms with E-state index in [9.17, 15) is 8.42 Å². The highest BCUT2D eigenvalue weighted by Gasteiger charge is 2.03. The van der Waals surface area contributed by atoms with E-state index in [-0.39, 0.29) is 5.75 Å². The molecule has 1 aromatic heterocycles. The van der Waals surface area contributed by atoms with Gasteiger partial charge in [-0.3, -0.25) is 4.55 Å². The minimum absolute atomic E-state index is 0.201. The van der Waals surface area contributed by atoms with Gasteiger partial charge < -0.3 is 14.4 Å². The van der Waals surface area contributed by atoms with Gasteiger partial charge in [0.1, 0.15) is 5.82 Å². The molecule has 128 valence electrons. The molecule has 0 amide bonds. The summed E-state index contributed by atoms with van der Waals surface area (Å²) in [5.74, 6) is 0.942. The maximum absolute atomic E-state index is 9.56. The molecule has 2 heterocycles.